The predicted molar refractivity (Wildman–Crippen MR) is 121 cm³/mol. The van der Waals surface area contributed by atoms with Crippen molar-refractivity contribution in [1.29, 1.82) is 0 Å². The van der Waals surface area contributed by atoms with Gasteiger partial charge in [-0.2, -0.15) is 0 Å². The van der Waals surface area contributed by atoms with Gasteiger partial charge in [0.15, 0.2) is 0 Å². The Labute approximate surface area is 175 Å². The number of allylic oxidation sites excluding steroid dienone is 1. The minimum absolute atomic E-state index is 0.0496. The molecule has 2 aromatic rings. The lowest BCUT2D eigenvalue weighted by Crippen LogP contribution is -2.36. The van der Waals surface area contributed by atoms with Crippen LogP contribution in [-0.2, 0) is 4.79 Å². The summed E-state index contributed by atoms with van der Waals surface area (Å²) in [6.45, 7) is 11.0. The Morgan fingerprint density at radius 1 is 1.03 bits per heavy atom. The summed E-state index contributed by atoms with van der Waals surface area (Å²) >= 11 is 0. The standard InChI is InChI=1S/C26H33NO2/c1-18(28)27-22-11-7-19(8-12-22)15-21-16-25(2,3)17-26(4,5)24(21)20-9-13-23(29-6)14-10-20/h7-15,24H,16-17H2,1-6H3,(H,27,28). The zero-order chi connectivity index (χ0) is 21.2. The second kappa shape index (κ2) is 8.06. The first-order chi connectivity index (χ1) is 13.6. The number of carbonyl (C=O) groups is 1. The van der Waals surface area contributed by atoms with Crippen LogP contribution in [0.3, 0.4) is 0 Å². The summed E-state index contributed by atoms with van der Waals surface area (Å²) in [6, 6.07) is 16.6. The average molecular weight is 392 g/mol. The van der Waals surface area contributed by atoms with Crippen molar-refractivity contribution in [2.45, 2.75) is 53.4 Å². The number of methoxy groups -OCH3 is 1. The lowest BCUT2D eigenvalue weighted by atomic mass is 9.56. The largest absolute Gasteiger partial charge is 0.497 e. The molecule has 2 aromatic carbocycles. The molecular formula is C26H33NO2. The highest BCUT2D eigenvalue weighted by Crippen LogP contribution is 2.56. The second-order valence-electron chi connectivity index (χ2n) is 9.73. The highest BCUT2D eigenvalue weighted by molar-refractivity contribution is 5.88. The molecule has 1 fully saturated rings. The maximum Gasteiger partial charge on any atom is 0.221 e. The van der Waals surface area contributed by atoms with Crippen LogP contribution < -0.4 is 10.1 Å². The van der Waals surface area contributed by atoms with E-state index in [1.807, 2.05) is 12.1 Å². The molecule has 1 aliphatic rings. The number of anilines is 1. The van der Waals surface area contributed by atoms with E-state index in [0.717, 1.165) is 17.9 Å². The normalized spacial score (nSPS) is 21.6. The number of hydrogen-bond acceptors (Lipinski definition) is 2. The number of amides is 1. The van der Waals surface area contributed by atoms with Crippen LogP contribution in [0.2, 0.25) is 0 Å². The van der Waals surface area contributed by atoms with Crippen molar-refractivity contribution in [1.82, 2.24) is 0 Å². The number of benzene rings is 2. The van der Waals surface area contributed by atoms with Gasteiger partial charge in [0.1, 0.15) is 5.75 Å². The summed E-state index contributed by atoms with van der Waals surface area (Å²) in [7, 11) is 1.71. The van der Waals surface area contributed by atoms with Crippen LogP contribution in [0.5, 0.6) is 5.75 Å². The Morgan fingerprint density at radius 3 is 2.21 bits per heavy atom. The van der Waals surface area contributed by atoms with E-state index in [4.69, 9.17) is 4.74 Å². The Kier molecular flexibility index (Phi) is 5.88. The molecule has 1 N–H and O–H groups in total. The minimum Gasteiger partial charge on any atom is -0.497 e. The Balaban J connectivity index is 2.00. The van der Waals surface area contributed by atoms with Gasteiger partial charge < -0.3 is 10.1 Å². The van der Waals surface area contributed by atoms with Crippen LogP contribution in [0, 0.1) is 10.8 Å². The number of rotatable bonds is 4. The molecule has 3 rings (SSSR count). The van der Waals surface area contributed by atoms with Crippen molar-refractivity contribution in [2.75, 3.05) is 12.4 Å². The number of carbonyl (C=O) groups excluding carboxylic acids is 1. The first-order valence-electron chi connectivity index (χ1n) is 10.3. The van der Waals surface area contributed by atoms with E-state index in [1.54, 1.807) is 7.11 Å². The molecule has 3 heteroatoms. The summed E-state index contributed by atoms with van der Waals surface area (Å²) in [5.41, 5.74) is 5.21. The third-order valence-electron chi connectivity index (χ3n) is 5.80. The minimum atomic E-state index is -0.0496. The first kappa shape index (κ1) is 21.2. The van der Waals surface area contributed by atoms with Crippen LogP contribution in [0.1, 0.15) is 64.5 Å². The van der Waals surface area contributed by atoms with E-state index in [2.05, 4.69) is 75.5 Å². The number of ether oxygens (including phenoxy) is 1. The topological polar surface area (TPSA) is 38.3 Å². The average Bonchev–Trinajstić information content (AvgIpc) is 2.61. The molecule has 0 aromatic heterocycles. The summed E-state index contributed by atoms with van der Waals surface area (Å²) < 4.78 is 5.36. The Hall–Kier alpha value is -2.55. The van der Waals surface area contributed by atoms with E-state index in [0.29, 0.717) is 5.92 Å². The van der Waals surface area contributed by atoms with Gasteiger partial charge in [-0.05, 0) is 59.1 Å². The molecule has 0 saturated heterocycles. The van der Waals surface area contributed by atoms with Gasteiger partial charge in [0, 0.05) is 18.5 Å². The third kappa shape index (κ3) is 5.09. The van der Waals surface area contributed by atoms with Crippen LogP contribution >= 0.6 is 0 Å². The molecule has 0 bridgehead atoms. The van der Waals surface area contributed by atoms with E-state index in [-0.39, 0.29) is 16.7 Å². The van der Waals surface area contributed by atoms with Gasteiger partial charge in [-0.15, -0.1) is 0 Å². The molecule has 0 spiro atoms. The molecule has 1 saturated carbocycles. The molecule has 1 amide bonds. The summed E-state index contributed by atoms with van der Waals surface area (Å²) in [5.74, 6) is 1.20. The quantitative estimate of drug-likeness (QED) is 0.632. The van der Waals surface area contributed by atoms with Gasteiger partial charge in [0.05, 0.1) is 7.11 Å². The lowest BCUT2D eigenvalue weighted by Gasteiger charge is -2.48. The maximum absolute atomic E-state index is 11.3. The fourth-order valence-electron chi connectivity index (χ4n) is 5.23. The smallest absolute Gasteiger partial charge is 0.221 e. The summed E-state index contributed by atoms with van der Waals surface area (Å²) in [6.07, 6.45) is 4.59. The van der Waals surface area contributed by atoms with Crippen LogP contribution in [0.4, 0.5) is 5.69 Å². The lowest BCUT2D eigenvalue weighted by molar-refractivity contribution is -0.114. The fraction of sp³-hybridized carbons (Fsp3) is 0.423. The Morgan fingerprint density at radius 2 is 1.66 bits per heavy atom. The molecule has 1 atom stereocenters. The highest BCUT2D eigenvalue weighted by atomic mass is 16.5. The van der Waals surface area contributed by atoms with E-state index in [1.165, 1.54) is 30.0 Å². The second-order valence-corrected chi connectivity index (χ2v) is 9.73. The molecule has 0 heterocycles. The molecule has 1 unspecified atom stereocenters. The van der Waals surface area contributed by atoms with Crippen LogP contribution in [-0.4, -0.2) is 13.0 Å². The van der Waals surface area contributed by atoms with E-state index in [9.17, 15) is 4.79 Å². The molecule has 3 nitrogen and oxygen atoms in total. The zero-order valence-electron chi connectivity index (χ0n) is 18.5. The van der Waals surface area contributed by atoms with Gasteiger partial charge in [-0.25, -0.2) is 0 Å². The molecular weight excluding hydrogens is 358 g/mol. The van der Waals surface area contributed by atoms with Gasteiger partial charge in [-0.1, -0.05) is 63.6 Å². The summed E-state index contributed by atoms with van der Waals surface area (Å²) in [4.78, 5) is 11.3. The number of nitrogens with one attached hydrogen (secondary N) is 1. The molecule has 29 heavy (non-hydrogen) atoms. The van der Waals surface area contributed by atoms with Crippen molar-refractivity contribution in [3.8, 4) is 5.75 Å². The van der Waals surface area contributed by atoms with Crippen molar-refractivity contribution in [3.05, 3.63) is 65.2 Å². The molecule has 154 valence electrons. The maximum atomic E-state index is 11.3. The van der Waals surface area contributed by atoms with Crippen molar-refractivity contribution in [3.63, 3.8) is 0 Å². The fourth-order valence-corrected chi connectivity index (χ4v) is 5.23. The van der Waals surface area contributed by atoms with Crippen LogP contribution in [0.15, 0.2) is 54.1 Å². The summed E-state index contributed by atoms with van der Waals surface area (Å²) in [5, 5.41) is 2.84. The molecule has 0 radical (unpaired) electrons. The van der Waals surface area contributed by atoms with E-state index < -0.39 is 0 Å². The van der Waals surface area contributed by atoms with Crippen molar-refractivity contribution >= 4 is 17.7 Å². The van der Waals surface area contributed by atoms with E-state index >= 15 is 0 Å². The van der Waals surface area contributed by atoms with Gasteiger partial charge >= 0.3 is 0 Å². The molecule has 1 aliphatic carbocycles. The van der Waals surface area contributed by atoms with Gasteiger partial charge in [0.25, 0.3) is 0 Å². The monoisotopic (exact) mass is 391 g/mol. The first-order valence-corrected chi connectivity index (χ1v) is 10.3. The van der Waals surface area contributed by atoms with Crippen LogP contribution in [0.25, 0.3) is 6.08 Å². The van der Waals surface area contributed by atoms with Gasteiger partial charge in [0.2, 0.25) is 5.91 Å². The van der Waals surface area contributed by atoms with Gasteiger partial charge in [-0.3, -0.25) is 4.79 Å². The predicted octanol–water partition coefficient (Wildman–Crippen LogP) is 6.67. The van der Waals surface area contributed by atoms with Crippen molar-refractivity contribution in [2.24, 2.45) is 10.8 Å². The highest BCUT2D eigenvalue weighted by Gasteiger charge is 2.43. The SMILES string of the molecule is COc1ccc(C2C(=Cc3ccc(NC(C)=O)cc3)CC(C)(C)CC2(C)C)cc1. The zero-order valence-corrected chi connectivity index (χ0v) is 18.5. The van der Waals surface area contributed by atoms with Crippen molar-refractivity contribution < 1.29 is 9.53 Å². The number of hydrogen-bond donors (Lipinski definition) is 1. The Bertz CT molecular complexity index is 889. The molecule has 0 aliphatic heterocycles. The third-order valence-corrected chi connectivity index (χ3v) is 5.80.